The summed E-state index contributed by atoms with van der Waals surface area (Å²) in [5.41, 5.74) is 0. The van der Waals surface area contributed by atoms with Crippen LogP contribution in [-0.2, 0) is 4.79 Å². The van der Waals surface area contributed by atoms with Crippen LogP contribution in [0.2, 0.25) is 0 Å². The third-order valence-electron chi connectivity index (χ3n) is 3.96. The van der Waals surface area contributed by atoms with E-state index >= 15 is 0 Å². The first kappa shape index (κ1) is 15.0. The second kappa shape index (κ2) is 6.86. The SMILES string of the molecule is CC(c1cc(Br)cs1)N1CCC(CCC(=O)O)CC1. The quantitative estimate of drug-likeness (QED) is 0.871. The summed E-state index contributed by atoms with van der Waals surface area (Å²) in [5, 5.41) is 10.9. The van der Waals surface area contributed by atoms with Crippen molar-refractivity contribution in [1.82, 2.24) is 4.90 Å². The van der Waals surface area contributed by atoms with Gasteiger partial charge in [0.2, 0.25) is 0 Å². The molecule has 2 heterocycles. The van der Waals surface area contributed by atoms with Gasteiger partial charge in [-0.1, -0.05) is 0 Å². The molecule has 1 aromatic rings. The molecule has 0 aromatic carbocycles. The normalized spacial score (nSPS) is 19.5. The van der Waals surface area contributed by atoms with Gasteiger partial charge >= 0.3 is 5.97 Å². The van der Waals surface area contributed by atoms with Gasteiger partial charge in [0.1, 0.15) is 0 Å². The number of aliphatic carboxylic acids is 1. The molecule has 1 fully saturated rings. The molecular formula is C14H20BrNO2S. The minimum absolute atomic E-state index is 0.318. The molecule has 0 amide bonds. The van der Waals surface area contributed by atoms with Crippen molar-refractivity contribution >= 4 is 33.2 Å². The van der Waals surface area contributed by atoms with E-state index in [1.165, 1.54) is 4.88 Å². The van der Waals surface area contributed by atoms with Gasteiger partial charge in [-0.2, -0.15) is 0 Å². The monoisotopic (exact) mass is 345 g/mol. The molecular weight excluding hydrogens is 326 g/mol. The second-order valence-corrected chi connectivity index (χ2v) is 7.11. The smallest absolute Gasteiger partial charge is 0.303 e. The lowest BCUT2D eigenvalue weighted by Crippen LogP contribution is -2.35. The average molecular weight is 346 g/mol. The molecule has 106 valence electrons. The second-order valence-electron chi connectivity index (χ2n) is 5.26. The molecule has 0 spiro atoms. The topological polar surface area (TPSA) is 40.5 Å². The summed E-state index contributed by atoms with van der Waals surface area (Å²) in [5.74, 6) is -0.0751. The predicted octanol–water partition coefficient (Wildman–Crippen LogP) is 4.15. The Morgan fingerprint density at radius 1 is 1.58 bits per heavy atom. The average Bonchev–Trinajstić information content (AvgIpc) is 2.83. The Balaban J connectivity index is 1.81. The number of rotatable bonds is 5. The predicted molar refractivity (Wildman–Crippen MR) is 81.6 cm³/mol. The van der Waals surface area contributed by atoms with E-state index in [0.717, 1.165) is 36.8 Å². The Hall–Kier alpha value is -0.390. The van der Waals surface area contributed by atoms with Crippen LogP contribution in [0.15, 0.2) is 15.9 Å². The first-order valence-corrected chi connectivity index (χ1v) is 8.43. The molecule has 1 atom stereocenters. The highest BCUT2D eigenvalue weighted by atomic mass is 79.9. The maximum Gasteiger partial charge on any atom is 0.303 e. The molecule has 19 heavy (non-hydrogen) atoms. The standard InChI is InChI=1S/C14H20BrNO2S/c1-10(13-8-12(15)9-19-13)16-6-4-11(5-7-16)2-3-14(17)18/h8-11H,2-7H2,1H3,(H,17,18). The third kappa shape index (κ3) is 4.29. The number of thiophene rings is 1. The number of carboxylic acid groups (broad SMARTS) is 1. The van der Waals surface area contributed by atoms with Gasteiger partial charge < -0.3 is 5.11 Å². The molecule has 1 N–H and O–H groups in total. The van der Waals surface area contributed by atoms with Gasteiger partial charge in [-0.05, 0) is 67.2 Å². The number of carbonyl (C=O) groups is 1. The minimum atomic E-state index is -0.667. The fraction of sp³-hybridized carbons (Fsp3) is 0.643. The Morgan fingerprint density at radius 3 is 2.79 bits per heavy atom. The highest BCUT2D eigenvalue weighted by Gasteiger charge is 2.24. The van der Waals surface area contributed by atoms with Crippen LogP contribution in [0.25, 0.3) is 0 Å². The van der Waals surface area contributed by atoms with Crippen molar-refractivity contribution < 1.29 is 9.90 Å². The fourth-order valence-corrected chi connectivity index (χ4v) is 4.22. The van der Waals surface area contributed by atoms with Crippen molar-refractivity contribution in [2.24, 2.45) is 5.92 Å². The molecule has 3 nitrogen and oxygen atoms in total. The molecule has 1 unspecified atom stereocenters. The largest absolute Gasteiger partial charge is 0.481 e. The summed E-state index contributed by atoms with van der Waals surface area (Å²) in [7, 11) is 0. The van der Waals surface area contributed by atoms with Gasteiger partial charge in [0, 0.05) is 27.2 Å². The van der Waals surface area contributed by atoms with Gasteiger partial charge in [0.15, 0.2) is 0 Å². The van der Waals surface area contributed by atoms with Crippen LogP contribution in [0.3, 0.4) is 0 Å². The summed E-state index contributed by atoms with van der Waals surface area (Å²) < 4.78 is 1.16. The zero-order chi connectivity index (χ0) is 13.8. The highest BCUT2D eigenvalue weighted by molar-refractivity contribution is 9.10. The van der Waals surface area contributed by atoms with Gasteiger partial charge in [-0.3, -0.25) is 9.69 Å². The number of hydrogen-bond acceptors (Lipinski definition) is 3. The van der Waals surface area contributed by atoms with Gasteiger partial charge in [0.25, 0.3) is 0 Å². The molecule has 1 saturated heterocycles. The van der Waals surface area contributed by atoms with Crippen molar-refractivity contribution in [3.63, 3.8) is 0 Å². The van der Waals surface area contributed by atoms with E-state index in [1.807, 2.05) is 0 Å². The van der Waals surface area contributed by atoms with Gasteiger partial charge in [-0.15, -0.1) is 11.3 Å². The van der Waals surface area contributed by atoms with Crippen LogP contribution in [0, 0.1) is 5.92 Å². The van der Waals surface area contributed by atoms with Crippen molar-refractivity contribution in [3.8, 4) is 0 Å². The number of piperidine rings is 1. The summed E-state index contributed by atoms with van der Waals surface area (Å²) in [6, 6.07) is 2.67. The van der Waals surface area contributed by atoms with Crippen LogP contribution in [0.4, 0.5) is 0 Å². The fourth-order valence-electron chi connectivity index (χ4n) is 2.68. The van der Waals surface area contributed by atoms with Crippen molar-refractivity contribution in [3.05, 3.63) is 20.8 Å². The molecule has 0 radical (unpaired) electrons. The van der Waals surface area contributed by atoms with Crippen molar-refractivity contribution in [2.75, 3.05) is 13.1 Å². The summed E-state index contributed by atoms with van der Waals surface area (Å²) in [4.78, 5) is 14.5. The lowest BCUT2D eigenvalue weighted by Gasteiger charge is -2.35. The van der Waals surface area contributed by atoms with Gasteiger partial charge in [0.05, 0.1) is 0 Å². The van der Waals surface area contributed by atoms with Crippen LogP contribution >= 0.6 is 27.3 Å². The number of nitrogens with zero attached hydrogens (tertiary/aromatic N) is 1. The number of halogens is 1. The molecule has 1 aliphatic rings. The van der Waals surface area contributed by atoms with E-state index in [-0.39, 0.29) is 0 Å². The summed E-state index contributed by atoms with van der Waals surface area (Å²) >= 11 is 5.30. The van der Waals surface area contributed by atoms with E-state index in [2.05, 4.69) is 39.2 Å². The van der Waals surface area contributed by atoms with Crippen molar-refractivity contribution in [1.29, 1.82) is 0 Å². The molecule has 5 heteroatoms. The Labute approximate surface area is 126 Å². The minimum Gasteiger partial charge on any atom is -0.481 e. The number of likely N-dealkylation sites (tertiary alicyclic amines) is 1. The van der Waals surface area contributed by atoms with Crippen LogP contribution in [0.1, 0.15) is 43.5 Å². The van der Waals surface area contributed by atoms with E-state index < -0.39 is 5.97 Å². The Bertz CT molecular complexity index is 427. The highest BCUT2D eigenvalue weighted by Crippen LogP contribution is 2.32. The Morgan fingerprint density at radius 2 is 2.26 bits per heavy atom. The van der Waals surface area contributed by atoms with Gasteiger partial charge in [-0.25, -0.2) is 0 Å². The lowest BCUT2D eigenvalue weighted by molar-refractivity contribution is -0.137. The summed E-state index contributed by atoms with van der Waals surface area (Å²) in [6.07, 6.45) is 3.41. The first-order valence-electron chi connectivity index (χ1n) is 6.76. The molecule has 0 bridgehead atoms. The number of carboxylic acids is 1. The molecule has 0 aliphatic carbocycles. The van der Waals surface area contributed by atoms with E-state index in [1.54, 1.807) is 11.3 Å². The van der Waals surface area contributed by atoms with Crippen LogP contribution < -0.4 is 0 Å². The summed E-state index contributed by atoms with van der Waals surface area (Å²) in [6.45, 7) is 4.43. The zero-order valence-electron chi connectivity index (χ0n) is 11.1. The third-order valence-corrected chi connectivity index (χ3v) is 5.83. The van der Waals surface area contributed by atoms with Crippen LogP contribution in [0.5, 0.6) is 0 Å². The molecule has 0 saturated carbocycles. The first-order chi connectivity index (χ1) is 9.06. The van der Waals surface area contributed by atoms with E-state index in [9.17, 15) is 4.79 Å². The maximum absolute atomic E-state index is 10.6. The van der Waals surface area contributed by atoms with E-state index in [0.29, 0.717) is 18.4 Å². The molecule has 1 aliphatic heterocycles. The zero-order valence-corrected chi connectivity index (χ0v) is 13.5. The van der Waals surface area contributed by atoms with Crippen LogP contribution in [-0.4, -0.2) is 29.1 Å². The van der Waals surface area contributed by atoms with Crippen molar-refractivity contribution in [2.45, 2.75) is 38.6 Å². The van der Waals surface area contributed by atoms with E-state index in [4.69, 9.17) is 5.11 Å². The maximum atomic E-state index is 10.6. The molecule has 1 aromatic heterocycles. The lowest BCUT2D eigenvalue weighted by atomic mass is 9.91. The Kier molecular flexibility index (Phi) is 5.42. The number of hydrogen-bond donors (Lipinski definition) is 1. The molecule has 2 rings (SSSR count).